The first-order valence-electron chi connectivity index (χ1n) is 8.00. The number of likely N-dealkylation sites (tertiary alicyclic amines) is 1. The molecule has 10 heteroatoms. The van der Waals surface area contributed by atoms with E-state index in [1.54, 1.807) is 13.4 Å². The molecule has 1 aromatic heterocycles. The van der Waals surface area contributed by atoms with E-state index in [0.717, 1.165) is 44.0 Å². The molecule has 0 aliphatic carbocycles. The number of nitrogens with one attached hydrogen (secondary N) is 3. The molecular weight excluding hydrogens is 330 g/mol. The fraction of sp³-hybridized carbons (Fsp3) is 0.786. The molecule has 0 spiro atoms. The van der Waals surface area contributed by atoms with Gasteiger partial charge < -0.3 is 10.2 Å². The minimum Gasteiger partial charge on any atom is -0.354 e. The highest BCUT2D eigenvalue weighted by Gasteiger charge is 2.26. The van der Waals surface area contributed by atoms with E-state index in [9.17, 15) is 8.42 Å². The average Bonchev–Trinajstić information content (AvgIpc) is 3.00. The maximum absolute atomic E-state index is 11.4. The summed E-state index contributed by atoms with van der Waals surface area (Å²) in [7, 11) is -1.52. The van der Waals surface area contributed by atoms with E-state index in [2.05, 4.69) is 35.1 Å². The summed E-state index contributed by atoms with van der Waals surface area (Å²) in [5.41, 5.74) is -0.596. The molecule has 0 saturated carbocycles. The quantitative estimate of drug-likeness (QED) is 0.500. The number of aromatic amines is 1. The van der Waals surface area contributed by atoms with Gasteiger partial charge in [0.15, 0.2) is 5.96 Å². The van der Waals surface area contributed by atoms with E-state index in [0.29, 0.717) is 12.5 Å². The number of nitrogens with zero attached hydrogens (tertiary/aromatic N) is 4. The molecule has 0 bridgehead atoms. The van der Waals surface area contributed by atoms with Gasteiger partial charge in [-0.3, -0.25) is 10.1 Å². The standard InChI is InChI=1S/C14H27N7O2S/c1-14(2,20-24(4,22)23)9-16-13(15-3)21-7-5-11(6-8-21)12-17-10-18-19-12/h10-11,20H,5-9H2,1-4H3,(H,15,16)(H,17,18,19). The van der Waals surface area contributed by atoms with Crippen molar-refractivity contribution >= 4 is 16.0 Å². The Morgan fingerprint density at radius 2 is 2.12 bits per heavy atom. The van der Waals surface area contributed by atoms with Gasteiger partial charge in [-0.1, -0.05) is 0 Å². The second-order valence-electron chi connectivity index (χ2n) is 6.79. The summed E-state index contributed by atoms with van der Waals surface area (Å²) < 4.78 is 25.5. The van der Waals surface area contributed by atoms with Crippen LogP contribution in [0.3, 0.4) is 0 Å². The molecule has 3 N–H and O–H groups in total. The lowest BCUT2D eigenvalue weighted by Crippen LogP contribution is -2.54. The molecular formula is C14H27N7O2S. The van der Waals surface area contributed by atoms with Crippen molar-refractivity contribution in [2.24, 2.45) is 4.99 Å². The first kappa shape index (κ1) is 18.7. The Morgan fingerprint density at radius 1 is 1.46 bits per heavy atom. The molecule has 0 radical (unpaired) electrons. The van der Waals surface area contributed by atoms with Crippen LogP contribution in [0.4, 0.5) is 0 Å². The third-order valence-electron chi connectivity index (χ3n) is 3.98. The maximum atomic E-state index is 11.4. The zero-order chi connectivity index (χ0) is 17.8. The normalized spacial score (nSPS) is 18.0. The van der Waals surface area contributed by atoms with Crippen molar-refractivity contribution in [3.63, 3.8) is 0 Å². The molecule has 1 aliphatic rings. The molecule has 2 heterocycles. The highest BCUT2D eigenvalue weighted by molar-refractivity contribution is 7.88. The number of rotatable bonds is 5. The lowest BCUT2D eigenvalue weighted by molar-refractivity contribution is 0.296. The Bertz CT molecular complexity index is 647. The number of H-pyrrole nitrogens is 1. The second kappa shape index (κ2) is 7.47. The third kappa shape index (κ3) is 5.45. The smallest absolute Gasteiger partial charge is 0.209 e. The Balaban J connectivity index is 1.87. The van der Waals surface area contributed by atoms with Crippen molar-refractivity contribution in [1.29, 1.82) is 0 Å². The van der Waals surface area contributed by atoms with Crippen LogP contribution in [0.5, 0.6) is 0 Å². The minimum atomic E-state index is -3.25. The molecule has 1 aliphatic heterocycles. The van der Waals surface area contributed by atoms with E-state index < -0.39 is 15.6 Å². The summed E-state index contributed by atoms with van der Waals surface area (Å²) in [6, 6.07) is 0. The van der Waals surface area contributed by atoms with Crippen molar-refractivity contribution in [1.82, 2.24) is 30.1 Å². The first-order valence-corrected chi connectivity index (χ1v) is 9.89. The molecule has 24 heavy (non-hydrogen) atoms. The van der Waals surface area contributed by atoms with Crippen LogP contribution in [0.25, 0.3) is 0 Å². The molecule has 1 aromatic rings. The summed E-state index contributed by atoms with van der Waals surface area (Å²) >= 11 is 0. The average molecular weight is 357 g/mol. The van der Waals surface area contributed by atoms with E-state index in [4.69, 9.17) is 0 Å². The lowest BCUT2D eigenvalue weighted by Gasteiger charge is -2.35. The highest BCUT2D eigenvalue weighted by atomic mass is 32.2. The zero-order valence-corrected chi connectivity index (χ0v) is 15.5. The van der Waals surface area contributed by atoms with Gasteiger partial charge in [0.05, 0.1) is 6.26 Å². The van der Waals surface area contributed by atoms with Gasteiger partial charge in [0.1, 0.15) is 12.2 Å². The molecule has 9 nitrogen and oxygen atoms in total. The number of sulfonamides is 1. The van der Waals surface area contributed by atoms with Gasteiger partial charge in [-0.2, -0.15) is 5.10 Å². The molecule has 136 valence electrons. The monoisotopic (exact) mass is 357 g/mol. The number of hydrogen-bond donors (Lipinski definition) is 3. The summed E-state index contributed by atoms with van der Waals surface area (Å²) in [5.74, 6) is 2.12. The van der Waals surface area contributed by atoms with Gasteiger partial charge in [-0.25, -0.2) is 18.1 Å². The highest BCUT2D eigenvalue weighted by Crippen LogP contribution is 2.24. The molecule has 2 rings (SSSR count). The topological polar surface area (TPSA) is 115 Å². The van der Waals surface area contributed by atoms with Crippen LogP contribution in [-0.2, 0) is 10.0 Å². The van der Waals surface area contributed by atoms with Crippen LogP contribution in [-0.4, -0.2) is 72.9 Å². The molecule has 0 unspecified atom stereocenters. The van der Waals surface area contributed by atoms with Gasteiger partial charge >= 0.3 is 0 Å². The minimum absolute atomic E-state index is 0.394. The van der Waals surface area contributed by atoms with Crippen molar-refractivity contribution in [2.75, 3.05) is 32.9 Å². The summed E-state index contributed by atoms with van der Waals surface area (Å²) in [6.45, 7) is 5.86. The van der Waals surface area contributed by atoms with Crippen LogP contribution in [0, 0.1) is 0 Å². The molecule has 0 atom stereocenters. The van der Waals surface area contributed by atoms with Crippen LogP contribution in [0.1, 0.15) is 38.4 Å². The zero-order valence-electron chi connectivity index (χ0n) is 14.7. The largest absolute Gasteiger partial charge is 0.354 e. The number of guanidine groups is 1. The van der Waals surface area contributed by atoms with Crippen molar-refractivity contribution in [2.45, 2.75) is 38.1 Å². The van der Waals surface area contributed by atoms with E-state index in [-0.39, 0.29) is 0 Å². The molecule has 1 saturated heterocycles. The first-order chi connectivity index (χ1) is 11.2. The van der Waals surface area contributed by atoms with Gasteiger partial charge in [0.2, 0.25) is 10.0 Å². The molecule has 1 fully saturated rings. The van der Waals surface area contributed by atoms with E-state index in [1.807, 2.05) is 13.8 Å². The SMILES string of the molecule is CN=C(NCC(C)(C)NS(C)(=O)=O)N1CCC(c2ncn[nH]2)CC1. The predicted molar refractivity (Wildman–Crippen MR) is 93.4 cm³/mol. The summed E-state index contributed by atoms with van der Waals surface area (Å²) in [4.78, 5) is 10.7. The lowest BCUT2D eigenvalue weighted by atomic mass is 9.96. The van der Waals surface area contributed by atoms with Crippen LogP contribution < -0.4 is 10.0 Å². The molecule has 0 amide bonds. The Hall–Kier alpha value is -1.68. The van der Waals surface area contributed by atoms with Gasteiger partial charge in [-0.05, 0) is 26.7 Å². The van der Waals surface area contributed by atoms with Crippen molar-refractivity contribution in [3.8, 4) is 0 Å². The van der Waals surface area contributed by atoms with Crippen LogP contribution in [0.2, 0.25) is 0 Å². The summed E-state index contributed by atoms with van der Waals surface area (Å²) in [5, 5.41) is 10.1. The van der Waals surface area contributed by atoms with E-state index >= 15 is 0 Å². The number of aromatic nitrogens is 3. The van der Waals surface area contributed by atoms with Gasteiger partial charge in [0.25, 0.3) is 0 Å². The Morgan fingerprint density at radius 3 is 2.62 bits per heavy atom. The molecule has 0 aromatic carbocycles. The Kier molecular flexibility index (Phi) is 5.81. The third-order valence-corrected chi connectivity index (χ3v) is 4.90. The fourth-order valence-corrected chi connectivity index (χ4v) is 4.02. The van der Waals surface area contributed by atoms with Crippen molar-refractivity contribution < 1.29 is 8.42 Å². The van der Waals surface area contributed by atoms with Crippen LogP contribution >= 0.6 is 0 Å². The maximum Gasteiger partial charge on any atom is 0.209 e. The second-order valence-corrected chi connectivity index (χ2v) is 8.54. The van der Waals surface area contributed by atoms with Gasteiger partial charge in [-0.15, -0.1) is 0 Å². The van der Waals surface area contributed by atoms with Gasteiger partial charge in [0, 0.05) is 38.1 Å². The number of aliphatic imine (C=N–C) groups is 1. The summed E-state index contributed by atoms with van der Waals surface area (Å²) in [6.07, 6.45) is 4.65. The van der Waals surface area contributed by atoms with Crippen molar-refractivity contribution in [3.05, 3.63) is 12.2 Å². The predicted octanol–water partition coefficient (Wildman–Crippen LogP) is -0.113. The fourth-order valence-electron chi connectivity index (χ4n) is 2.95. The Labute approximate surface area is 143 Å². The van der Waals surface area contributed by atoms with Crippen LogP contribution in [0.15, 0.2) is 11.3 Å². The number of hydrogen-bond acceptors (Lipinski definition) is 5. The number of piperidine rings is 1. The van der Waals surface area contributed by atoms with E-state index in [1.165, 1.54) is 0 Å².